The SMILES string of the molecule is CC(C)(CNC(C)(C)C)Cc1ccc(Cl)s1. The summed E-state index contributed by atoms with van der Waals surface area (Å²) in [5, 5.41) is 3.56. The first kappa shape index (κ1) is 14.0. The number of nitrogens with one attached hydrogen (secondary N) is 1. The Labute approximate surface area is 108 Å². The van der Waals surface area contributed by atoms with Gasteiger partial charge in [0.1, 0.15) is 0 Å². The third-order valence-corrected chi connectivity index (χ3v) is 3.61. The maximum atomic E-state index is 5.94. The highest BCUT2D eigenvalue weighted by atomic mass is 35.5. The van der Waals surface area contributed by atoms with E-state index in [0.717, 1.165) is 17.3 Å². The van der Waals surface area contributed by atoms with Crippen molar-refractivity contribution in [2.45, 2.75) is 46.6 Å². The number of hydrogen-bond acceptors (Lipinski definition) is 2. The standard InChI is InChI=1S/C13H22ClNS/c1-12(2,3)15-9-13(4,5)8-10-6-7-11(14)16-10/h6-7,15H,8-9H2,1-5H3. The quantitative estimate of drug-likeness (QED) is 0.847. The molecule has 0 aliphatic heterocycles. The summed E-state index contributed by atoms with van der Waals surface area (Å²) < 4.78 is 0.884. The first-order chi connectivity index (χ1) is 7.18. The summed E-state index contributed by atoms with van der Waals surface area (Å²) in [5.41, 5.74) is 0.450. The van der Waals surface area contributed by atoms with Crippen molar-refractivity contribution < 1.29 is 0 Å². The van der Waals surface area contributed by atoms with Gasteiger partial charge in [-0.25, -0.2) is 0 Å². The molecule has 1 aromatic rings. The van der Waals surface area contributed by atoms with Gasteiger partial charge >= 0.3 is 0 Å². The lowest BCUT2D eigenvalue weighted by atomic mass is 9.87. The van der Waals surface area contributed by atoms with Gasteiger partial charge < -0.3 is 5.32 Å². The van der Waals surface area contributed by atoms with E-state index in [1.807, 2.05) is 6.07 Å². The molecule has 0 saturated carbocycles. The van der Waals surface area contributed by atoms with Crippen LogP contribution in [0.4, 0.5) is 0 Å². The van der Waals surface area contributed by atoms with E-state index < -0.39 is 0 Å². The topological polar surface area (TPSA) is 12.0 Å². The van der Waals surface area contributed by atoms with Gasteiger partial charge in [0.15, 0.2) is 0 Å². The second-order valence-corrected chi connectivity index (χ2v) is 7.95. The molecule has 0 atom stereocenters. The zero-order valence-electron chi connectivity index (χ0n) is 10.9. The Morgan fingerprint density at radius 3 is 2.25 bits per heavy atom. The molecule has 0 spiro atoms. The molecule has 1 aromatic heterocycles. The van der Waals surface area contributed by atoms with Crippen molar-refractivity contribution in [3.8, 4) is 0 Å². The molecule has 1 N–H and O–H groups in total. The lowest BCUT2D eigenvalue weighted by Crippen LogP contribution is -2.42. The molecular weight excluding hydrogens is 238 g/mol. The Hall–Kier alpha value is -0.0500. The van der Waals surface area contributed by atoms with Gasteiger partial charge in [-0.05, 0) is 44.7 Å². The number of hydrogen-bond donors (Lipinski definition) is 1. The molecular formula is C13H22ClNS. The highest BCUT2D eigenvalue weighted by molar-refractivity contribution is 7.16. The zero-order valence-corrected chi connectivity index (χ0v) is 12.4. The molecule has 1 nitrogen and oxygen atoms in total. The van der Waals surface area contributed by atoms with Gasteiger partial charge in [0.05, 0.1) is 4.34 Å². The van der Waals surface area contributed by atoms with Gasteiger partial charge in [0, 0.05) is 17.0 Å². The maximum Gasteiger partial charge on any atom is 0.0931 e. The van der Waals surface area contributed by atoms with Gasteiger partial charge in [-0.2, -0.15) is 0 Å². The Kier molecular flexibility index (Phi) is 4.44. The Balaban J connectivity index is 2.51. The van der Waals surface area contributed by atoms with E-state index in [-0.39, 0.29) is 11.0 Å². The molecule has 0 aromatic carbocycles. The van der Waals surface area contributed by atoms with Crippen LogP contribution in [0, 0.1) is 5.41 Å². The molecule has 0 aliphatic carbocycles. The molecule has 0 unspecified atom stereocenters. The van der Waals surface area contributed by atoms with Crippen molar-refractivity contribution in [1.82, 2.24) is 5.32 Å². The van der Waals surface area contributed by atoms with Gasteiger partial charge in [-0.3, -0.25) is 0 Å². The Morgan fingerprint density at radius 1 is 1.19 bits per heavy atom. The molecule has 0 bridgehead atoms. The van der Waals surface area contributed by atoms with Crippen LogP contribution in [0.15, 0.2) is 12.1 Å². The smallest absolute Gasteiger partial charge is 0.0931 e. The summed E-state index contributed by atoms with van der Waals surface area (Å²) in [4.78, 5) is 1.37. The van der Waals surface area contributed by atoms with Crippen LogP contribution < -0.4 is 5.32 Å². The fourth-order valence-corrected chi connectivity index (χ4v) is 2.83. The van der Waals surface area contributed by atoms with E-state index in [9.17, 15) is 0 Å². The average Bonchev–Trinajstić information content (AvgIpc) is 2.46. The fraction of sp³-hybridized carbons (Fsp3) is 0.692. The third-order valence-electron chi connectivity index (χ3n) is 2.38. The van der Waals surface area contributed by atoms with Crippen molar-refractivity contribution in [2.75, 3.05) is 6.54 Å². The van der Waals surface area contributed by atoms with Crippen LogP contribution in [-0.2, 0) is 6.42 Å². The number of rotatable bonds is 4. The predicted molar refractivity (Wildman–Crippen MR) is 74.6 cm³/mol. The van der Waals surface area contributed by atoms with Gasteiger partial charge in [0.2, 0.25) is 0 Å². The van der Waals surface area contributed by atoms with E-state index in [0.29, 0.717) is 0 Å². The molecule has 1 heterocycles. The molecule has 16 heavy (non-hydrogen) atoms. The minimum Gasteiger partial charge on any atom is -0.312 e. The third kappa shape index (κ3) is 5.33. The van der Waals surface area contributed by atoms with Crippen LogP contribution >= 0.6 is 22.9 Å². The van der Waals surface area contributed by atoms with E-state index in [2.05, 4.69) is 46.0 Å². The molecule has 1 rings (SSSR count). The van der Waals surface area contributed by atoms with Gasteiger partial charge in [0.25, 0.3) is 0 Å². The monoisotopic (exact) mass is 259 g/mol. The minimum absolute atomic E-state index is 0.185. The van der Waals surface area contributed by atoms with Crippen LogP contribution in [0.25, 0.3) is 0 Å². The lowest BCUT2D eigenvalue weighted by Gasteiger charge is -2.30. The normalized spacial score (nSPS) is 13.1. The first-order valence-electron chi connectivity index (χ1n) is 5.67. The van der Waals surface area contributed by atoms with Crippen molar-refractivity contribution >= 4 is 22.9 Å². The Morgan fingerprint density at radius 2 is 1.81 bits per heavy atom. The second kappa shape index (κ2) is 5.07. The summed E-state index contributed by atoms with van der Waals surface area (Å²) >= 11 is 7.63. The molecule has 0 fully saturated rings. The largest absolute Gasteiger partial charge is 0.312 e. The van der Waals surface area contributed by atoms with Crippen LogP contribution in [-0.4, -0.2) is 12.1 Å². The summed E-state index contributed by atoms with van der Waals surface area (Å²) in [6.45, 7) is 12.2. The van der Waals surface area contributed by atoms with E-state index in [4.69, 9.17) is 11.6 Å². The van der Waals surface area contributed by atoms with Crippen LogP contribution in [0.2, 0.25) is 4.34 Å². The van der Waals surface area contributed by atoms with Crippen molar-refractivity contribution in [2.24, 2.45) is 5.41 Å². The second-order valence-electron chi connectivity index (χ2n) is 6.15. The zero-order chi connectivity index (χ0) is 12.4. The summed E-state index contributed by atoms with van der Waals surface area (Å²) in [6.07, 6.45) is 1.08. The summed E-state index contributed by atoms with van der Waals surface area (Å²) in [6, 6.07) is 4.11. The summed E-state index contributed by atoms with van der Waals surface area (Å²) in [5.74, 6) is 0. The summed E-state index contributed by atoms with van der Waals surface area (Å²) in [7, 11) is 0. The van der Waals surface area contributed by atoms with Gasteiger partial charge in [-0.15, -0.1) is 11.3 Å². The number of thiophene rings is 1. The van der Waals surface area contributed by atoms with Crippen molar-refractivity contribution in [3.63, 3.8) is 0 Å². The average molecular weight is 260 g/mol. The van der Waals surface area contributed by atoms with Crippen molar-refractivity contribution in [1.29, 1.82) is 0 Å². The molecule has 3 heteroatoms. The molecule has 0 aliphatic rings. The van der Waals surface area contributed by atoms with Crippen LogP contribution in [0.3, 0.4) is 0 Å². The predicted octanol–water partition coefficient (Wildman–Crippen LogP) is 4.36. The molecule has 0 saturated heterocycles. The fourth-order valence-electron chi connectivity index (χ4n) is 1.49. The number of halogens is 1. The highest BCUT2D eigenvalue weighted by Gasteiger charge is 2.22. The van der Waals surface area contributed by atoms with Crippen LogP contribution in [0.1, 0.15) is 39.5 Å². The first-order valence-corrected chi connectivity index (χ1v) is 6.87. The van der Waals surface area contributed by atoms with Gasteiger partial charge in [-0.1, -0.05) is 25.4 Å². The van der Waals surface area contributed by atoms with Crippen LogP contribution in [0.5, 0.6) is 0 Å². The maximum absolute atomic E-state index is 5.94. The van der Waals surface area contributed by atoms with E-state index >= 15 is 0 Å². The molecule has 0 radical (unpaired) electrons. The molecule has 92 valence electrons. The van der Waals surface area contributed by atoms with Crippen molar-refractivity contribution in [3.05, 3.63) is 21.3 Å². The minimum atomic E-state index is 0.185. The van der Waals surface area contributed by atoms with E-state index in [1.165, 1.54) is 4.88 Å². The Bertz CT molecular complexity index is 336. The highest BCUT2D eigenvalue weighted by Crippen LogP contribution is 2.28. The van der Waals surface area contributed by atoms with E-state index in [1.54, 1.807) is 11.3 Å². The lowest BCUT2D eigenvalue weighted by molar-refractivity contribution is 0.290. The molecule has 0 amide bonds.